The van der Waals surface area contributed by atoms with Crippen molar-refractivity contribution in [1.82, 2.24) is 0 Å². The first-order valence-electron chi connectivity index (χ1n) is 17.7. The van der Waals surface area contributed by atoms with Crippen LogP contribution in [0.5, 0.6) is 0 Å². The lowest BCUT2D eigenvalue weighted by atomic mass is 9.65. The molecule has 0 aliphatic heterocycles. The maximum atomic E-state index is 12.5. The number of aliphatic hydroxyl groups excluding tert-OH is 4. The van der Waals surface area contributed by atoms with Gasteiger partial charge in [0.2, 0.25) is 0 Å². The predicted molar refractivity (Wildman–Crippen MR) is 196 cm³/mol. The van der Waals surface area contributed by atoms with Crippen LogP contribution in [0.1, 0.15) is 176 Å². The molecule has 260 valence electrons. The van der Waals surface area contributed by atoms with E-state index in [4.69, 9.17) is 34.6 Å². The molecular formula is C36H74O5S2. The zero-order valence-electron chi connectivity index (χ0n) is 29.4. The molecule has 0 aliphatic rings. The highest BCUT2D eigenvalue weighted by Gasteiger charge is 2.44. The summed E-state index contributed by atoms with van der Waals surface area (Å²) < 4.78 is 0. The Morgan fingerprint density at radius 1 is 0.535 bits per heavy atom. The minimum absolute atomic E-state index is 0.00612. The lowest BCUT2D eigenvalue weighted by Gasteiger charge is -2.44. The monoisotopic (exact) mass is 650 g/mol. The summed E-state index contributed by atoms with van der Waals surface area (Å²) in [5, 5.41) is 47.1. The van der Waals surface area contributed by atoms with Crippen molar-refractivity contribution in [2.24, 2.45) is 23.7 Å². The molecule has 0 rings (SSSR count). The van der Waals surface area contributed by atoms with Crippen LogP contribution in [0.15, 0.2) is 0 Å². The van der Waals surface area contributed by atoms with Crippen LogP contribution >= 0.6 is 24.4 Å². The van der Waals surface area contributed by atoms with Gasteiger partial charge in [0, 0.05) is 27.1 Å². The Balaban J connectivity index is -0.00000382. The van der Waals surface area contributed by atoms with Crippen LogP contribution in [0.4, 0.5) is 0 Å². The van der Waals surface area contributed by atoms with Gasteiger partial charge in [-0.3, -0.25) is 0 Å². The normalized spacial score (nSPS) is 15.1. The fourth-order valence-corrected chi connectivity index (χ4v) is 7.10. The third kappa shape index (κ3) is 24.6. The van der Waals surface area contributed by atoms with Crippen molar-refractivity contribution in [3.63, 3.8) is 0 Å². The van der Waals surface area contributed by atoms with Crippen molar-refractivity contribution < 1.29 is 25.5 Å². The van der Waals surface area contributed by atoms with Gasteiger partial charge in [-0.25, -0.2) is 0 Å². The number of unbranched alkanes of at least 4 members (excludes halogenated alkanes) is 10. The lowest BCUT2D eigenvalue weighted by molar-refractivity contribution is -0.0890. The van der Waals surface area contributed by atoms with E-state index in [-0.39, 0.29) is 21.9 Å². The molecule has 7 heteroatoms. The van der Waals surface area contributed by atoms with Gasteiger partial charge < -0.3 is 25.5 Å². The van der Waals surface area contributed by atoms with E-state index in [1.54, 1.807) is 0 Å². The van der Waals surface area contributed by atoms with E-state index in [9.17, 15) is 15.3 Å². The molecule has 5 nitrogen and oxygen atoms in total. The molecule has 0 saturated carbocycles. The van der Waals surface area contributed by atoms with E-state index in [1.807, 2.05) is 0 Å². The summed E-state index contributed by atoms with van der Waals surface area (Å²) in [7, 11) is 2.00. The van der Waals surface area contributed by atoms with E-state index in [2.05, 4.69) is 34.6 Å². The molecule has 0 aromatic carbocycles. The highest BCUT2D eigenvalue weighted by atomic mass is 32.1. The Morgan fingerprint density at radius 2 is 0.860 bits per heavy atom. The van der Waals surface area contributed by atoms with E-state index < -0.39 is 5.60 Å². The molecular weight excluding hydrogens is 577 g/mol. The van der Waals surface area contributed by atoms with Gasteiger partial charge in [-0.2, -0.15) is 0 Å². The molecule has 0 bridgehead atoms. The molecule has 43 heavy (non-hydrogen) atoms. The Hall–Kier alpha value is -0.340. The zero-order valence-corrected chi connectivity index (χ0v) is 31.1. The topological polar surface area (TPSA) is 101 Å². The Labute approximate surface area is 278 Å². The zero-order chi connectivity index (χ0) is 33.5. The van der Waals surface area contributed by atoms with Crippen molar-refractivity contribution in [3.05, 3.63) is 0 Å². The van der Waals surface area contributed by atoms with Gasteiger partial charge in [0.15, 0.2) is 10.1 Å². The summed E-state index contributed by atoms with van der Waals surface area (Å²) in [5.74, 6) is 0.772. The van der Waals surface area contributed by atoms with Gasteiger partial charge in [-0.15, -0.1) is 0 Å². The number of hydrogen-bond acceptors (Lipinski definition) is 5. The largest absolute Gasteiger partial charge is 0.502 e. The number of hydrogen-bond donors (Lipinski definition) is 5. The summed E-state index contributed by atoms with van der Waals surface area (Å²) in [4.78, 5) is 0. The molecule has 0 aliphatic carbocycles. The molecule has 0 radical (unpaired) electrons. The van der Waals surface area contributed by atoms with Crippen LogP contribution in [0.3, 0.4) is 0 Å². The molecule has 4 unspecified atom stereocenters. The minimum Gasteiger partial charge on any atom is -0.502 e. The van der Waals surface area contributed by atoms with E-state index in [0.29, 0.717) is 31.1 Å². The number of rotatable bonds is 28. The van der Waals surface area contributed by atoms with Gasteiger partial charge in [0.1, 0.15) is 0 Å². The van der Waals surface area contributed by atoms with Crippen molar-refractivity contribution in [2.75, 3.05) is 14.2 Å². The first-order valence-corrected chi connectivity index (χ1v) is 18.5. The highest BCUT2D eigenvalue weighted by molar-refractivity contribution is 7.80. The second-order valence-corrected chi connectivity index (χ2v) is 13.4. The number of thiocarbonyl (C=S) groups is 2. The lowest BCUT2D eigenvalue weighted by Crippen LogP contribution is -2.48. The van der Waals surface area contributed by atoms with E-state index >= 15 is 0 Å². The first kappa shape index (κ1) is 47.1. The molecule has 0 saturated heterocycles. The number of aliphatic hydroxyl groups is 5. The minimum atomic E-state index is -1.00. The SMILES string of the molecule is CCCCCCCCC(CC)CC(CC(O)=S)C(O)(CCC)C(CC(O)=S)CC(CC)CCCCCCCC.CO.CO. The van der Waals surface area contributed by atoms with Crippen LogP contribution in [0.25, 0.3) is 0 Å². The maximum Gasteiger partial charge on any atom is 0.156 e. The van der Waals surface area contributed by atoms with Crippen LogP contribution in [-0.2, 0) is 0 Å². The Kier molecular flexibility index (Phi) is 36.2. The van der Waals surface area contributed by atoms with Crippen LogP contribution < -0.4 is 0 Å². The van der Waals surface area contributed by atoms with E-state index in [0.717, 1.165) is 59.2 Å². The summed E-state index contributed by atoms with van der Waals surface area (Å²) in [6.45, 7) is 11.1. The van der Waals surface area contributed by atoms with Crippen LogP contribution in [0, 0.1) is 23.7 Å². The maximum absolute atomic E-state index is 12.5. The predicted octanol–water partition coefficient (Wildman–Crippen LogP) is 10.9. The van der Waals surface area contributed by atoms with Crippen LogP contribution in [-0.4, -0.2) is 55.5 Å². The van der Waals surface area contributed by atoms with Crippen molar-refractivity contribution >= 4 is 34.5 Å². The van der Waals surface area contributed by atoms with Crippen molar-refractivity contribution in [2.45, 2.75) is 181 Å². The average molecular weight is 651 g/mol. The average Bonchev–Trinajstić information content (AvgIpc) is 2.99. The molecule has 0 heterocycles. The summed E-state index contributed by atoms with van der Waals surface area (Å²) in [6, 6.07) is 0. The van der Waals surface area contributed by atoms with Crippen molar-refractivity contribution in [3.8, 4) is 0 Å². The van der Waals surface area contributed by atoms with Crippen molar-refractivity contribution in [1.29, 1.82) is 0 Å². The van der Waals surface area contributed by atoms with Gasteiger partial charge in [-0.05, 0) is 67.4 Å². The molecule has 0 spiro atoms. The molecule has 0 fully saturated rings. The third-order valence-corrected chi connectivity index (χ3v) is 9.56. The molecule has 4 atom stereocenters. The standard InChI is InChI=1S/C34H66O3S2.2CH4O/c1-6-11-13-15-17-19-21-28(9-4)24-30(26-32(35)38)34(37,23-8-3)31(27-33(36)39)25-29(10-5)22-20-18-16-14-12-7-2;2*1-2/h28-31,37H,6-27H2,1-5H3,(H,35,38)(H,36,39);2*2H,1H3. The Morgan fingerprint density at radius 3 is 1.14 bits per heavy atom. The Bertz CT molecular complexity index is 570. The van der Waals surface area contributed by atoms with Gasteiger partial charge >= 0.3 is 0 Å². The fraction of sp³-hybridized carbons (Fsp3) is 0.944. The fourth-order valence-electron chi connectivity index (χ4n) is 6.70. The van der Waals surface area contributed by atoms with Gasteiger partial charge in [0.25, 0.3) is 0 Å². The smallest absolute Gasteiger partial charge is 0.156 e. The highest BCUT2D eigenvalue weighted by Crippen LogP contribution is 2.44. The third-order valence-electron chi connectivity index (χ3n) is 9.23. The molecule has 0 aromatic rings. The summed E-state index contributed by atoms with van der Waals surface area (Å²) in [5.41, 5.74) is -1.00. The first-order chi connectivity index (χ1) is 20.7. The van der Waals surface area contributed by atoms with Crippen LogP contribution in [0.2, 0.25) is 0 Å². The quantitative estimate of drug-likeness (QED) is 0.0424. The summed E-state index contributed by atoms with van der Waals surface area (Å²) >= 11 is 10.4. The molecule has 0 amide bonds. The second kappa shape index (κ2) is 33.0. The van der Waals surface area contributed by atoms with E-state index in [1.165, 1.54) is 77.0 Å². The second-order valence-electron chi connectivity index (χ2n) is 12.5. The molecule has 5 N–H and O–H groups in total. The summed E-state index contributed by atoms with van der Waals surface area (Å²) in [6.07, 6.45) is 23.9. The van der Waals surface area contributed by atoms with Gasteiger partial charge in [-0.1, -0.05) is 144 Å². The molecule has 0 aromatic heterocycles. The van der Waals surface area contributed by atoms with Gasteiger partial charge in [0.05, 0.1) is 5.60 Å².